The van der Waals surface area contributed by atoms with E-state index in [0.717, 1.165) is 0 Å². The van der Waals surface area contributed by atoms with Crippen LogP contribution in [0.5, 0.6) is 0 Å². The number of aromatic nitrogens is 2. The molecule has 1 aromatic carbocycles. The Morgan fingerprint density at radius 1 is 1.07 bits per heavy atom. The lowest BCUT2D eigenvalue weighted by Crippen LogP contribution is -2.23. The van der Waals surface area contributed by atoms with Crippen molar-refractivity contribution >= 4 is 29.9 Å². The smallest absolute Gasteiger partial charge is 0.451 e. The van der Waals surface area contributed by atoms with Crippen molar-refractivity contribution in [3.63, 3.8) is 0 Å². The fourth-order valence-corrected chi connectivity index (χ4v) is 3.98. The number of carbonyl (C=O) groups excluding carboxylic acids is 1. The van der Waals surface area contributed by atoms with Crippen LogP contribution in [0.2, 0.25) is 0 Å². The van der Waals surface area contributed by atoms with Crippen LogP contribution in [0.25, 0.3) is 10.9 Å². The van der Waals surface area contributed by atoms with Gasteiger partial charge in [0.15, 0.2) is 5.44 Å². The summed E-state index contributed by atoms with van der Waals surface area (Å²) in [5, 5.41) is -0.0428. The molecule has 0 atom stereocenters. The molecule has 1 heterocycles. The fourth-order valence-electron chi connectivity index (χ4n) is 2.29. The summed E-state index contributed by atoms with van der Waals surface area (Å²) in [5.41, 5.74) is -0.650. The number of ether oxygens (including phenoxy) is 1. The van der Waals surface area contributed by atoms with Gasteiger partial charge in [0.25, 0.3) is 0 Å². The first kappa shape index (κ1) is 21.3. The molecule has 0 fully saturated rings. The first-order chi connectivity index (χ1) is 12.7. The number of fused-ring (bicyclic) bond motifs is 1. The van der Waals surface area contributed by atoms with E-state index in [1.165, 1.54) is 32.0 Å². The lowest BCUT2D eigenvalue weighted by molar-refractivity contribution is -0.144. The van der Waals surface area contributed by atoms with Gasteiger partial charge in [-0.25, -0.2) is 14.8 Å². The monoisotopic (exact) mass is 406 g/mol. The predicted molar refractivity (Wildman–Crippen MR) is 91.0 cm³/mol. The van der Waals surface area contributed by atoms with Crippen LogP contribution in [-0.2, 0) is 24.5 Å². The molecule has 0 aliphatic rings. The molecule has 0 unspecified atom stereocenters. The summed E-state index contributed by atoms with van der Waals surface area (Å²) in [6.45, 7) is 4.60. The highest BCUT2D eigenvalue weighted by Crippen LogP contribution is 2.48. The minimum absolute atomic E-state index is 0.0428. The third kappa shape index (κ3) is 4.63. The van der Waals surface area contributed by atoms with E-state index in [4.69, 9.17) is 13.8 Å². The van der Waals surface area contributed by atoms with Crippen LogP contribution in [0.4, 0.5) is 13.2 Å². The second-order valence-electron chi connectivity index (χ2n) is 5.15. The van der Waals surface area contributed by atoms with Gasteiger partial charge >= 0.3 is 19.7 Å². The fraction of sp³-hybridized carbons (Fsp3) is 0.438. The number of nitrogens with zero attached hydrogens (tertiary/aromatic N) is 2. The third-order valence-electron chi connectivity index (χ3n) is 3.30. The number of hydrogen-bond acceptors (Lipinski definition) is 7. The molecule has 0 saturated carbocycles. The zero-order chi connectivity index (χ0) is 20.2. The normalized spacial score (nSPS) is 12.4. The minimum Gasteiger partial charge on any atom is -0.462 e. The van der Waals surface area contributed by atoms with Crippen LogP contribution in [0.3, 0.4) is 0 Å². The first-order valence-corrected chi connectivity index (χ1v) is 9.66. The number of alkyl halides is 3. The molecule has 0 N–H and O–H groups in total. The second kappa shape index (κ2) is 8.33. The van der Waals surface area contributed by atoms with E-state index in [2.05, 4.69) is 9.97 Å². The second-order valence-corrected chi connectivity index (χ2v) is 7.09. The Labute approximate surface area is 153 Å². The highest BCUT2D eigenvalue weighted by Gasteiger charge is 2.39. The van der Waals surface area contributed by atoms with Crippen molar-refractivity contribution in [3.05, 3.63) is 29.6 Å². The molecule has 1 aromatic heterocycles. The van der Waals surface area contributed by atoms with Crippen LogP contribution in [-0.4, -0.2) is 35.8 Å². The van der Waals surface area contributed by atoms with Gasteiger partial charge in [0.05, 0.1) is 30.9 Å². The number of esters is 1. The Balaban J connectivity index is 2.80. The zero-order valence-electron chi connectivity index (χ0n) is 14.9. The van der Waals surface area contributed by atoms with Gasteiger partial charge in [-0.1, -0.05) is 0 Å². The van der Waals surface area contributed by atoms with Gasteiger partial charge in [-0.2, -0.15) is 13.2 Å². The standard InChI is InChI=1S/C16H18F3N2O5P/c1-4-24-14(22)10-7-8-12-11(9-10)13(21-15(20-12)16(17,18)19)27(23,25-5-2)26-6-3/h7-9H,4-6H2,1-3H3. The number of rotatable bonds is 7. The van der Waals surface area contributed by atoms with Gasteiger partial charge in [-0.15, -0.1) is 0 Å². The maximum atomic E-state index is 13.2. The SMILES string of the molecule is CCOC(=O)c1ccc2nc(C(F)(F)F)nc(P(=O)(OCC)OCC)c2c1. The van der Waals surface area contributed by atoms with Crippen molar-refractivity contribution in [2.24, 2.45) is 0 Å². The Kier molecular flexibility index (Phi) is 6.56. The number of halogens is 3. The summed E-state index contributed by atoms with van der Waals surface area (Å²) in [4.78, 5) is 18.8. The Morgan fingerprint density at radius 3 is 2.22 bits per heavy atom. The summed E-state index contributed by atoms with van der Waals surface area (Å²) in [6.07, 6.45) is -4.87. The van der Waals surface area contributed by atoms with Crippen molar-refractivity contribution < 1.29 is 36.3 Å². The molecule has 2 rings (SSSR count). The quantitative estimate of drug-likeness (QED) is 0.512. The summed E-state index contributed by atoms with van der Waals surface area (Å²) in [7, 11) is -4.18. The minimum atomic E-state index is -4.87. The van der Waals surface area contributed by atoms with Gasteiger partial charge in [-0.05, 0) is 39.0 Å². The molecule has 0 aliphatic heterocycles. The van der Waals surface area contributed by atoms with E-state index in [1.54, 1.807) is 6.92 Å². The van der Waals surface area contributed by atoms with Crippen LogP contribution in [0, 0.1) is 0 Å². The average Bonchev–Trinajstić information content (AvgIpc) is 2.60. The molecule has 0 saturated heterocycles. The van der Waals surface area contributed by atoms with Crippen molar-refractivity contribution in [2.45, 2.75) is 26.9 Å². The maximum absolute atomic E-state index is 13.2. The lowest BCUT2D eigenvalue weighted by atomic mass is 10.1. The molecule has 0 spiro atoms. The molecule has 0 bridgehead atoms. The van der Waals surface area contributed by atoms with Crippen LogP contribution < -0.4 is 5.44 Å². The maximum Gasteiger partial charge on any atom is 0.451 e. The summed E-state index contributed by atoms with van der Waals surface area (Å²) in [6, 6.07) is 3.68. The lowest BCUT2D eigenvalue weighted by Gasteiger charge is -2.19. The Bertz CT molecular complexity index is 878. The number of carbonyl (C=O) groups is 1. The highest BCUT2D eigenvalue weighted by atomic mass is 31.2. The van der Waals surface area contributed by atoms with Crippen LogP contribution in [0.1, 0.15) is 37.0 Å². The van der Waals surface area contributed by atoms with E-state index < -0.39 is 31.0 Å². The van der Waals surface area contributed by atoms with Crippen LogP contribution >= 0.6 is 7.60 Å². The van der Waals surface area contributed by atoms with Crippen LogP contribution in [0.15, 0.2) is 18.2 Å². The molecular formula is C16H18F3N2O5P. The molecule has 148 valence electrons. The predicted octanol–water partition coefficient (Wildman–Crippen LogP) is 3.72. The molecule has 0 aliphatic carbocycles. The number of hydrogen-bond donors (Lipinski definition) is 0. The van der Waals surface area contributed by atoms with E-state index in [9.17, 15) is 22.5 Å². The first-order valence-electron chi connectivity index (χ1n) is 8.12. The molecule has 2 aromatic rings. The van der Waals surface area contributed by atoms with Crippen molar-refractivity contribution in [1.29, 1.82) is 0 Å². The van der Waals surface area contributed by atoms with Crippen molar-refractivity contribution in [2.75, 3.05) is 19.8 Å². The molecule has 0 amide bonds. The van der Waals surface area contributed by atoms with Crippen molar-refractivity contribution in [3.8, 4) is 0 Å². The Hall–Kier alpha value is -2.03. The number of benzene rings is 1. The summed E-state index contributed by atoms with van der Waals surface area (Å²) in [5.74, 6) is -2.17. The van der Waals surface area contributed by atoms with Gasteiger partial charge < -0.3 is 13.8 Å². The molecule has 0 radical (unpaired) electrons. The van der Waals surface area contributed by atoms with Gasteiger partial charge in [-0.3, -0.25) is 4.57 Å². The topological polar surface area (TPSA) is 87.6 Å². The Morgan fingerprint density at radius 2 is 1.70 bits per heavy atom. The highest BCUT2D eigenvalue weighted by molar-refractivity contribution is 7.62. The third-order valence-corrected chi connectivity index (χ3v) is 5.35. The molecule has 11 heteroatoms. The van der Waals surface area contributed by atoms with E-state index in [1.807, 2.05) is 0 Å². The average molecular weight is 406 g/mol. The zero-order valence-corrected chi connectivity index (χ0v) is 15.8. The summed E-state index contributed by atoms with van der Waals surface area (Å²) >= 11 is 0. The molecular weight excluding hydrogens is 388 g/mol. The van der Waals surface area contributed by atoms with E-state index in [-0.39, 0.29) is 36.3 Å². The summed E-state index contributed by atoms with van der Waals surface area (Å²) < 4.78 is 67.8. The van der Waals surface area contributed by atoms with E-state index in [0.29, 0.717) is 0 Å². The van der Waals surface area contributed by atoms with Crippen molar-refractivity contribution in [1.82, 2.24) is 9.97 Å². The van der Waals surface area contributed by atoms with E-state index >= 15 is 0 Å². The van der Waals surface area contributed by atoms with Gasteiger partial charge in [0.2, 0.25) is 5.82 Å². The largest absolute Gasteiger partial charge is 0.462 e. The molecule has 27 heavy (non-hydrogen) atoms. The van der Waals surface area contributed by atoms with Gasteiger partial charge in [0, 0.05) is 5.39 Å². The van der Waals surface area contributed by atoms with Gasteiger partial charge in [0.1, 0.15) is 0 Å². The molecule has 7 nitrogen and oxygen atoms in total.